The second-order valence-corrected chi connectivity index (χ2v) is 12.5. The number of alkyl halides is 3. The van der Waals surface area contributed by atoms with Gasteiger partial charge in [-0.15, -0.1) is 0 Å². The molecule has 6 nitrogen and oxygen atoms in total. The number of rotatable bonds is 6. The van der Waals surface area contributed by atoms with Crippen molar-refractivity contribution in [1.82, 2.24) is 9.80 Å². The van der Waals surface area contributed by atoms with Gasteiger partial charge in [-0.1, -0.05) is 44.2 Å². The molecule has 42 heavy (non-hydrogen) atoms. The Morgan fingerprint density at radius 3 is 2.50 bits per heavy atom. The van der Waals surface area contributed by atoms with Crippen LogP contribution >= 0.6 is 0 Å². The van der Waals surface area contributed by atoms with E-state index < -0.39 is 23.3 Å². The lowest BCUT2D eigenvalue weighted by atomic mass is 9.80. The molecule has 3 atom stereocenters. The fourth-order valence-electron chi connectivity index (χ4n) is 6.13. The maximum absolute atomic E-state index is 13.8. The molecule has 4 rings (SSSR count). The number of amides is 1. The number of methoxy groups -OCH3 is 1. The summed E-state index contributed by atoms with van der Waals surface area (Å²) in [7, 11) is 1.62. The van der Waals surface area contributed by atoms with E-state index in [1.807, 2.05) is 38.1 Å². The van der Waals surface area contributed by atoms with Gasteiger partial charge in [0.2, 0.25) is 5.91 Å². The molecule has 1 amide bonds. The van der Waals surface area contributed by atoms with E-state index in [2.05, 4.69) is 4.90 Å². The van der Waals surface area contributed by atoms with E-state index in [1.165, 1.54) is 6.07 Å². The number of β-amino-alcohol motifs (C(OH)–C–C–N with tert-alkyl or cyclic N) is 1. The minimum Gasteiger partial charge on any atom is -0.497 e. The van der Waals surface area contributed by atoms with E-state index in [0.29, 0.717) is 45.7 Å². The van der Waals surface area contributed by atoms with Crippen molar-refractivity contribution in [3.8, 4) is 5.75 Å². The number of benzene rings is 2. The number of halogens is 3. The van der Waals surface area contributed by atoms with Crippen molar-refractivity contribution < 1.29 is 32.5 Å². The number of nitrogens with zero attached hydrogens (tertiary/aromatic N) is 2. The third-order valence-electron chi connectivity index (χ3n) is 8.94. The Bertz CT molecular complexity index is 1150. The first-order chi connectivity index (χ1) is 20.0. The smallest absolute Gasteiger partial charge is 0.416 e. The zero-order valence-corrected chi connectivity index (χ0v) is 25.0. The standard InChI is InChI=1S/C33H45F3N2O4/c1-32(2)23-42-18-6-8-26-20-37(21-27-7-4-5-9-29(27)33(34,35)36)16-15-25(26)19-31(40)38(22-30(32)39)17-14-24-10-12-28(41-3)13-11-24/h4-5,7,9-13,25-26,30,39H,6,8,14-23H2,1-3H3/t25-,26-,30-/m0/s1. The second-order valence-electron chi connectivity index (χ2n) is 12.5. The maximum Gasteiger partial charge on any atom is 0.416 e. The van der Waals surface area contributed by atoms with Crippen molar-refractivity contribution in [3.05, 3.63) is 65.2 Å². The number of hydrogen-bond donors (Lipinski definition) is 1. The summed E-state index contributed by atoms with van der Waals surface area (Å²) in [5, 5.41) is 11.2. The molecular weight excluding hydrogens is 545 g/mol. The number of ether oxygens (including phenoxy) is 2. The van der Waals surface area contributed by atoms with Gasteiger partial charge in [0.05, 0.1) is 25.4 Å². The minimum atomic E-state index is -4.39. The van der Waals surface area contributed by atoms with Crippen LogP contribution in [-0.2, 0) is 28.7 Å². The van der Waals surface area contributed by atoms with Crippen molar-refractivity contribution in [1.29, 1.82) is 0 Å². The van der Waals surface area contributed by atoms with E-state index in [4.69, 9.17) is 9.47 Å². The normalized spacial score (nSPS) is 24.7. The van der Waals surface area contributed by atoms with E-state index in [1.54, 1.807) is 24.1 Å². The summed E-state index contributed by atoms with van der Waals surface area (Å²) in [5.41, 5.74) is 0.254. The summed E-state index contributed by atoms with van der Waals surface area (Å²) in [5.74, 6) is 1.09. The SMILES string of the molecule is COc1ccc(CCN2C[C@H](O)C(C)(C)COCCC[C@H]3CN(Cc4ccccc4C(F)(F)F)CC[C@H]3CC2=O)cc1. The van der Waals surface area contributed by atoms with Gasteiger partial charge in [-0.3, -0.25) is 9.69 Å². The van der Waals surface area contributed by atoms with Crippen molar-refractivity contribution in [2.24, 2.45) is 17.3 Å². The van der Waals surface area contributed by atoms with Gasteiger partial charge in [0.1, 0.15) is 5.75 Å². The summed E-state index contributed by atoms with van der Waals surface area (Å²) in [6.45, 7) is 7.06. The second kappa shape index (κ2) is 14.2. The van der Waals surface area contributed by atoms with Crippen LogP contribution in [0.15, 0.2) is 48.5 Å². The number of aliphatic hydroxyl groups excluding tert-OH is 1. The molecule has 0 spiro atoms. The zero-order valence-electron chi connectivity index (χ0n) is 25.0. The average Bonchev–Trinajstić information content (AvgIpc) is 2.96. The van der Waals surface area contributed by atoms with Gasteiger partial charge in [0.25, 0.3) is 0 Å². The molecule has 0 aromatic heterocycles. The Kier molecular flexibility index (Phi) is 10.9. The van der Waals surface area contributed by atoms with Gasteiger partial charge in [-0.25, -0.2) is 0 Å². The van der Waals surface area contributed by atoms with Crippen molar-refractivity contribution in [2.75, 3.05) is 46.5 Å². The molecule has 232 valence electrons. The van der Waals surface area contributed by atoms with Crippen LogP contribution in [0.2, 0.25) is 0 Å². The highest BCUT2D eigenvalue weighted by molar-refractivity contribution is 5.76. The minimum absolute atomic E-state index is 0.0180. The molecule has 2 aliphatic rings. The zero-order chi connectivity index (χ0) is 30.3. The highest BCUT2D eigenvalue weighted by atomic mass is 19.4. The van der Waals surface area contributed by atoms with Gasteiger partial charge in [-0.2, -0.15) is 13.2 Å². The summed E-state index contributed by atoms with van der Waals surface area (Å²) >= 11 is 0. The van der Waals surface area contributed by atoms with Crippen molar-refractivity contribution in [2.45, 2.75) is 64.8 Å². The van der Waals surface area contributed by atoms with Gasteiger partial charge in [0.15, 0.2) is 0 Å². The summed E-state index contributed by atoms with van der Waals surface area (Å²) in [6, 6.07) is 13.6. The van der Waals surface area contributed by atoms with E-state index >= 15 is 0 Å². The summed E-state index contributed by atoms with van der Waals surface area (Å²) < 4.78 is 52.1. The molecule has 2 fully saturated rings. The highest BCUT2D eigenvalue weighted by Crippen LogP contribution is 2.35. The number of fused-ring (bicyclic) bond motifs is 1. The lowest BCUT2D eigenvalue weighted by Crippen LogP contribution is -2.47. The third-order valence-corrected chi connectivity index (χ3v) is 8.94. The van der Waals surface area contributed by atoms with E-state index in [9.17, 15) is 23.1 Å². The van der Waals surface area contributed by atoms with Crippen molar-refractivity contribution >= 4 is 5.91 Å². The van der Waals surface area contributed by atoms with Gasteiger partial charge < -0.3 is 19.5 Å². The Balaban J connectivity index is 1.48. The molecule has 2 saturated heterocycles. The first kappa shape index (κ1) is 32.3. The van der Waals surface area contributed by atoms with E-state index in [0.717, 1.165) is 36.6 Å². The molecule has 0 bridgehead atoms. The van der Waals surface area contributed by atoms with Crippen LogP contribution in [0.4, 0.5) is 13.2 Å². The molecule has 2 aliphatic heterocycles. The molecule has 2 heterocycles. The third kappa shape index (κ3) is 8.71. The fraction of sp³-hybridized carbons (Fsp3) is 0.606. The number of carbonyl (C=O) groups is 1. The number of likely N-dealkylation sites (tertiary alicyclic amines) is 1. The molecule has 2 aromatic rings. The Morgan fingerprint density at radius 1 is 1.05 bits per heavy atom. The van der Waals surface area contributed by atoms with Crippen LogP contribution in [-0.4, -0.2) is 73.4 Å². The predicted molar refractivity (Wildman–Crippen MR) is 156 cm³/mol. The Labute approximate surface area is 247 Å². The van der Waals surface area contributed by atoms with Crippen LogP contribution in [0, 0.1) is 17.3 Å². The lowest BCUT2D eigenvalue weighted by Gasteiger charge is -2.40. The topological polar surface area (TPSA) is 62.2 Å². The fourth-order valence-corrected chi connectivity index (χ4v) is 6.13. The molecule has 9 heteroatoms. The Morgan fingerprint density at radius 2 is 1.79 bits per heavy atom. The van der Waals surface area contributed by atoms with Crippen LogP contribution in [0.3, 0.4) is 0 Å². The van der Waals surface area contributed by atoms with Crippen LogP contribution < -0.4 is 4.74 Å². The molecular formula is C33H45F3N2O4. The molecule has 0 aliphatic carbocycles. The van der Waals surface area contributed by atoms with E-state index in [-0.39, 0.29) is 36.4 Å². The Hall–Kier alpha value is -2.62. The predicted octanol–water partition coefficient (Wildman–Crippen LogP) is 5.81. The van der Waals surface area contributed by atoms with Crippen LogP contribution in [0.1, 0.15) is 56.2 Å². The number of carbonyl (C=O) groups excluding carboxylic acids is 1. The first-order valence-corrected chi connectivity index (χ1v) is 15.0. The van der Waals surface area contributed by atoms with Crippen molar-refractivity contribution in [3.63, 3.8) is 0 Å². The van der Waals surface area contributed by atoms with Crippen LogP contribution in [0.25, 0.3) is 0 Å². The molecule has 1 N–H and O–H groups in total. The largest absolute Gasteiger partial charge is 0.497 e. The molecule has 0 unspecified atom stereocenters. The quantitative estimate of drug-likeness (QED) is 0.460. The van der Waals surface area contributed by atoms with Gasteiger partial charge >= 0.3 is 6.18 Å². The number of hydrogen-bond acceptors (Lipinski definition) is 5. The maximum atomic E-state index is 13.8. The molecule has 2 aromatic carbocycles. The monoisotopic (exact) mass is 590 g/mol. The summed E-state index contributed by atoms with van der Waals surface area (Å²) in [6.07, 6.45) is -1.73. The first-order valence-electron chi connectivity index (χ1n) is 15.0. The highest BCUT2D eigenvalue weighted by Gasteiger charge is 2.37. The van der Waals surface area contributed by atoms with Crippen LogP contribution in [0.5, 0.6) is 5.75 Å². The lowest BCUT2D eigenvalue weighted by molar-refractivity contribution is -0.139. The van der Waals surface area contributed by atoms with Gasteiger partial charge in [0, 0.05) is 44.6 Å². The molecule has 0 saturated carbocycles. The summed E-state index contributed by atoms with van der Waals surface area (Å²) in [4.78, 5) is 17.7. The van der Waals surface area contributed by atoms with Gasteiger partial charge in [-0.05, 0) is 73.4 Å². The molecule has 0 radical (unpaired) electrons. The number of piperidine rings is 1. The number of aliphatic hydroxyl groups is 1. The average molecular weight is 591 g/mol.